The summed E-state index contributed by atoms with van der Waals surface area (Å²) in [7, 11) is 1.64. The lowest BCUT2D eigenvalue weighted by Gasteiger charge is -2.06. The number of aromatic amines is 1. The van der Waals surface area contributed by atoms with Crippen LogP contribution in [0.15, 0.2) is 30.6 Å². The van der Waals surface area contributed by atoms with E-state index in [0.29, 0.717) is 24.3 Å². The SMILES string of the molecule is COCCNc1nc(Cl)cc(-c2c[nH]c3ncccc23)n1. The van der Waals surface area contributed by atoms with Gasteiger partial charge in [0, 0.05) is 43.1 Å². The third kappa shape index (κ3) is 2.96. The molecule has 3 aromatic heterocycles. The summed E-state index contributed by atoms with van der Waals surface area (Å²) in [5.74, 6) is 0.479. The fourth-order valence-electron chi connectivity index (χ4n) is 2.07. The Balaban J connectivity index is 1.98. The molecular formula is C14H14ClN5O. The number of hydrogen-bond donors (Lipinski definition) is 2. The molecule has 0 saturated heterocycles. The Labute approximate surface area is 126 Å². The lowest BCUT2D eigenvalue weighted by atomic mass is 10.1. The van der Waals surface area contributed by atoms with Crippen LogP contribution in [0.1, 0.15) is 0 Å². The first-order valence-electron chi connectivity index (χ1n) is 6.48. The molecule has 7 heteroatoms. The number of nitrogens with one attached hydrogen (secondary N) is 2. The summed E-state index contributed by atoms with van der Waals surface area (Å²) in [6.07, 6.45) is 3.61. The fourth-order valence-corrected chi connectivity index (χ4v) is 2.25. The zero-order valence-electron chi connectivity index (χ0n) is 11.4. The maximum absolute atomic E-state index is 6.08. The summed E-state index contributed by atoms with van der Waals surface area (Å²) in [6, 6.07) is 5.61. The minimum Gasteiger partial charge on any atom is -0.383 e. The van der Waals surface area contributed by atoms with Crippen LogP contribution in [-0.4, -0.2) is 40.2 Å². The van der Waals surface area contributed by atoms with Crippen LogP contribution in [0.3, 0.4) is 0 Å². The lowest BCUT2D eigenvalue weighted by molar-refractivity contribution is 0.210. The molecule has 2 N–H and O–H groups in total. The van der Waals surface area contributed by atoms with Gasteiger partial charge in [0.2, 0.25) is 5.95 Å². The summed E-state index contributed by atoms with van der Waals surface area (Å²) in [5, 5.41) is 4.46. The molecule has 0 unspecified atom stereocenters. The van der Waals surface area contributed by atoms with Gasteiger partial charge in [-0.15, -0.1) is 0 Å². The van der Waals surface area contributed by atoms with E-state index in [1.165, 1.54) is 0 Å². The van der Waals surface area contributed by atoms with Gasteiger partial charge in [0.1, 0.15) is 10.8 Å². The minimum atomic E-state index is 0.387. The number of pyridine rings is 1. The second-order valence-electron chi connectivity index (χ2n) is 4.42. The first-order valence-corrected chi connectivity index (χ1v) is 6.85. The predicted molar refractivity (Wildman–Crippen MR) is 82.5 cm³/mol. The predicted octanol–water partition coefficient (Wildman–Crippen LogP) is 2.73. The van der Waals surface area contributed by atoms with E-state index >= 15 is 0 Å². The van der Waals surface area contributed by atoms with Crippen molar-refractivity contribution in [1.82, 2.24) is 19.9 Å². The summed E-state index contributed by atoms with van der Waals surface area (Å²) in [5.41, 5.74) is 2.50. The smallest absolute Gasteiger partial charge is 0.224 e. The summed E-state index contributed by atoms with van der Waals surface area (Å²) in [6.45, 7) is 1.19. The molecule has 0 aromatic carbocycles. The first-order chi connectivity index (χ1) is 10.3. The van der Waals surface area contributed by atoms with Gasteiger partial charge >= 0.3 is 0 Å². The second kappa shape index (κ2) is 6.07. The maximum atomic E-state index is 6.08. The normalized spacial score (nSPS) is 11.0. The number of halogens is 1. The number of rotatable bonds is 5. The Morgan fingerprint density at radius 2 is 2.29 bits per heavy atom. The van der Waals surface area contributed by atoms with E-state index in [2.05, 4.69) is 25.3 Å². The highest BCUT2D eigenvalue weighted by Gasteiger charge is 2.10. The number of H-pyrrole nitrogens is 1. The molecule has 0 saturated carbocycles. The number of anilines is 1. The number of methoxy groups -OCH3 is 1. The van der Waals surface area contributed by atoms with Crippen LogP contribution in [0.5, 0.6) is 0 Å². The van der Waals surface area contributed by atoms with Gasteiger partial charge in [-0.25, -0.2) is 15.0 Å². The Bertz CT molecular complexity index is 758. The van der Waals surface area contributed by atoms with Crippen molar-refractivity contribution in [3.8, 4) is 11.3 Å². The van der Waals surface area contributed by atoms with E-state index in [4.69, 9.17) is 16.3 Å². The highest BCUT2D eigenvalue weighted by Crippen LogP contribution is 2.28. The van der Waals surface area contributed by atoms with Crippen LogP contribution in [0.25, 0.3) is 22.3 Å². The molecule has 0 spiro atoms. The molecule has 0 aliphatic carbocycles. The lowest BCUT2D eigenvalue weighted by Crippen LogP contribution is -2.10. The van der Waals surface area contributed by atoms with Crippen molar-refractivity contribution >= 4 is 28.6 Å². The van der Waals surface area contributed by atoms with Crippen LogP contribution >= 0.6 is 11.6 Å². The average molecular weight is 304 g/mol. The van der Waals surface area contributed by atoms with Gasteiger partial charge < -0.3 is 15.0 Å². The van der Waals surface area contributed by atoms with E-state index in [9.17, 15) is 0 Å². The highest BCUT2D eigenvalue weighted by atomic mass is 35.5. The molecule has 3 rings (SSSR count). The van der Waals surface area contributed by atoms with Gasteiger partial charge in [0.15, 0.2) is 0 Å². The van der Waals surface area contributed by atoms with Gasteiger partial charge in [-0.1, -0.05) is 11.6 Å². The van der Waals surface area contributed by atoms with Crippen molar-refractivity contribution in [2.24, 2.45) is 0 Å². The van der Waals surface area contributed by atoms with Crippen LogP contribution in [0.4, 0.5) is 5.95 Å². The quantitative estimate of drug-likeness (QED) is 0.560. The van der Waals surface area contributed by atoms with Crippen molar-refractivity contribution in [2.45, 2.75) is 0 Å². The Morgan fingerprint density at radius 3 is 3.14 bits per heavy atom. The molecular weight excluding hydrogens is 290 g/mol. The van der Waals surface area contributed by atoms with Crippen molar-refractivity contribution < 1.29 is 4.74 Å². The third-order valence-corrected chi connectivity index (χ3v) is 3.20. The van der Waals surface area contributed by atoms with Crippen LogP contribution in [0.2, 0.25) is 5.15 Å². The Hall–Kier alpha value is -2.18. The van der Waals surface area contributed by atoms with Gasteiger partial charge in [0.05, 0.1) is 12.3 Å². The van der Waals surface area contributed by atoms with Crippen molar-refractivity contribution in [3.05, 3.63) is 35.7 Å². The molecule has 0 radical (unpaired) electrons. The number of hydrogen-bond acceptors (Lipinski definition) is 5. The van der Waals surface area contributed by atoms with Crippen LogP contribution in [0, 0.1) is 0 Å². The van der Waals surface area contributed by atoms with Crippen LogP contribution in [-0.2, 0) is 4.74 Å². The molecule has 0 atom stereocenters. The molecule has 0 fully saturated rings. The largest absolute Gasteiger partial charge is 0.383 e. The van der Waals surface area contributed by atoms with E-state index in [1.807, 2.05) is 18.3 Å². The van der Waals surface area contributed by atoms with E-state index in [-0.39, 0.29) is 0 Å². The molecule has 0 aliphatic heterocycles. The van der Waals surface area contributed by atoms with Gasteiger partial charge in [-0.05, 0) is 12.1 Å². The number of nitrogens with zero attached hydrogens (tertiary/aromatic N) is 3. The summed E-state index contributed by atoms with van der Waals surface area (Å²) in [4.78, 5) is 16.0. The van der Waals surface area contributed by atoms with Crippen LogP contribution < -0.4 is 5.32 Å². The van der Waals surface area contributed by atoms with Gasteiger partial charge in [-0.3, -0.25) is 0 Å². The Kier molecular flexibility index (Phi) is 3.98. The molecule has 0 amide bonds. The maximum Gasteiger partial charge on any atom is 0.224 e. The van der Waals surface area contributed by atoms with Crippen molar-refractivity contribution in [3.63, 3.8) is 0 Å². The molecule has 21 heavy (non-hydrogen) atoms. The third-order valence-electron chi connectivity index (χ3n) is 3.01. The second-order valence-corrected chi connectivity index (χ2v) is 4.81. The zero-order chi connectivity index (χ0) is 14.7. The van der Waals surface area contributed by atoms with Gasteiger partial charge in [-0.2, -0.15) is 0 Å². The molecule has 3 aromatic rings. The van der Waals surface area contributed by atoms with E-state index in [1.54, 1.807) is 19.4 Å². The summed E-state index contributed by atoms with van der Waals surface area (Å²) >= 11 is 6.08. The molecule has 0 bridgehead atoms. The molecule has 3 heterocycles. The van der Waals surface area contributed by atoms with Crippen molar-refractivity contribution in [1.29, 1.82) is 0 Å². The average Bonchev–Trinajstić information content (AvgIpc) is 2.91. The highest BCUT2D eigenvalue weighted by molar-refractivity contribution is 6.29. The molecule has 0 aliphatic rings. The molecule has 6 nitrogen and oxygen atoms in total. The number of fused-ring (bicyclic) bond motifs is 1. The number of aromatic nitrogens is 4. The van der Waals surface area contributed by atoms with E-state index < -0.39 is 0 Å². The first kappa shape index (κ1) is 13.8. The standard InChI is InChI=1S/C14H14ClN5O/c1-21-6-5-17-14-19-11(7-12(15)20-14)10-8-18-13-9(10)3-2-4-16-13/h2-4,7-8H,5-6H2,1H3,(H,16,18)(H,17,19,20). The topological polar surface area (TPSA) is 75.7 Å². The fraction of sp³-hybridized carbons (Fsp3) is 0.214. The molecule has 108 valence electrons. The van der Waals surface area contributed by atoms with E-state index in [0.717, 1.165) is 22.3 Å². The minimum absolute atomic E-state index is 0.387. The Morgan fingerprint density at radius 1 is 1.38 bits per heavy atom. The number of ether oxygens (including phenoxy) is 1. The van der Waals surface area contributed by atoms with Gasteiger partial charge in [0.25, 0.3) is 0 Å². The monoisotopic (exact) mass is 303 g/mol. The zero-order valence-corrected chi connectivity index (χ0v) is 12.2. The summed E-state index contributed by atoms with van der Waals surface area (Å²) < 4.78 is 4.99. The van der Waals surface area contributed by atoms with Crippen molar-refractivity contribution in [2.75, 3.05) is 25.6 Å².